The third-order valence-corrected chi connectivity index (χ3v) is 3.88. The first-order valence-electron chi connectivity index (χ1n) is 5.09. The van der Waals surface area contributed by atoms with Crippen LogP contribution in [0.5, 0.6) is 0 Å². The Bertz CT molecular complexity index is 768. The molecule has 1 aromatic heterocycles. The molecular formula is C11H6ClF3N2O2S. The van der Waals surface area contributed by atoms with Crippen molar-refractivity contribution in [3.63, 3.8) is 0 Å². The maximum Gasteiger partial charge on any atom is 0.266 e. The lowest BCUT2D eigenvalue weighted by Gasteiger charge is -2.08. The molecule has 0 aliphatic rings. The summed E-state index contributed by atoms with van der Waals surface area (Å²) < 4.78 is 65.0. The largest absolute Gasteiger partial charge is 0.266 e. The van der Waals surface area contributed by atoms with Crippen molar-refractivity contribution in [2.24, 2.45) is 0 Å². The van der Waals surface area contributed by atoms with Gasteiger partial charge in [-0.2, -0.15) is 4.39 Å². The van der Waals surface area contributed by atoms with E-state index in [9.17, 15) is 21.6 Å². The van der Waals surface area contributed by atoms with Crippen LogP contribution in [0, 0.1) is 17.6 Å². The van der Waals surface area contributed by atoms with E-state index in [2.05, 4.69) is 4.98 Å². The van der Waals surface area contributed by atoms with E-state index in [1.807, 2.05) is 4.72 Å². The van der Waals surface area contributed by atoms with Crippen LogP contribution in [-0.4, -0.2) is 13.4 Å². The minimum atomic E-state index is -4.41. The number of aromatic nitrogens is 1. The Morgan fingerprint density at radius 3 is 2.45 bits per heavy atom. The highest BCUT2D eigenvalue weighted by atomic mass is 35.5. The summed E-state index contributed by atoms with van der Waals surface area (Å²) in [5.41, 5.74) is 0. The highest BCUT2D eigenvalue weighted by Crippen LogP contribution is 2.24. The zero-order chi connectivity index (χ0) is 14.9. The second kappa shape index (κ2) is 5.29. The van der Waals surface area contributed by atoms with Crippen LogP contribution in [0.4, 0.5) is 19.0 Å². The predicted octanol–water partition coefficient (Wildman–Crippen LogP) is 2.95. The summed E-state index contributed by atoms with van der Waals surface area (Å²) in [7, 11) is -4.41. The molecule has 2 aromatic rings. The van der Waals surface area contributed by atoms with Crippen molar-refractivity contribution in [2.75, 3.05) is 4.72 Å². The van der Waals surface area contributed by atoms with Crippen LogP contribution in [0.1, 0.15) is 0 Å². The number of nitrogens with zero attached hydrogens (tertiary/aromatic N) is 1. The summed E-state index contributed by atoms with van der Waals surface area (Å²) in [5, 5.41) is -0.557. The van der Waals surface area contributed by atoms with Gasteiger partial charge in [0, 0.05) is 6.07 Å². The molecule has 0 fully saturated rings. The molecule has 1 aromatic carbocycles. The van der Waals surface area contributed by atoms with E-state index in [1.165, 1.54) is 12.1 Å². The molecule has 106 valence electrons. The molecule has 0 aliphatic heterocycles. The van der Waals surface area contributed by atoms with E-state index in [0.29, 0.717) is 12.1 Å². The fourth-order valence-electron chi connectivity index (χ4n) is 1.37. The number of rotatable bonds is 3. The quantitative estimate of drug-likeness (QED) is 0.698. The molecule has 1 N–H and O–H groups in total. The Morgan fingerprint density at radius 1 is 1.10 bits per heavy atom. The molecule has 0 aliphatic carbocycles. The topological polar surface area (TPSA) is 59.1 Å². The summed E-state index contributed by atoms with van der Waals surface area (Å²) >= 11 is 5.41. The van der Waals surface area contributed by atoms with Gasteiger partial charge in [-0.25, -0.2) is 22.2 Å². The van der Waals surface area contributed by atoms with Gasteiger partial charge in [0.05, 0.1) is 5.02 Å². The molecule has 1 heterocycles. The lowest BCUT2D eigenvalue weighted by molar-refractivity contribution is 0.551. The average Bonchev–Trinajstić information content (AvgIpc) is 2.33. The minimum absolute atomic E-state index is 0.343. The molecule has 0 saturated heterocycles. The van der Waals surface area contributed by atoms with Crippen molar-refractivity contribution in [3.8, 4) is 0 Å². The molecule has 0 bridgehead atoms. The third-order valence-electron chi connectivity index (χ3n) is 2.22. The van der Waals surface area contributed by atoms with Crippen LogP contribution in [0.3, 0.4) is 0 Å². The lowest BCUT2D eigenvalue weighted by Crippen LogP contribution is -2.16. The van der Waals surface area contributed by atoms with Gasteiger partial charge >= 0.3 is 0 Å². The zero-order valence-electron chi connectivity index (χ0n) is 9.57. The molecule has 2 rings (SSSR count). The Kier molecular flexibility index (Phi) is 3.87. The predicted molar refractivity (Wildman–Crippen MR) is 66.4 cm³/mol. The molecular weight excluding hydrogens is 317 g/mol. The number of nitrogens with one attached hydrogen (secondary N) is 1. The lowest BCUT2D eigenvalue weighted by atomic mass is 10.3. The second-order valence-electron chi connectivity index (χ2n) is 3.65. The summed E-state index contributed by atoms with van der Waals surface area (Å²) in [6.45, 7) is 0. The highest BCUT2D eigenvalue weighted by molar-refractivity contribution is 7.92. The Balaban J connectivity index is 2.43. The van der Waals surface area contributed by atoms with Gasteiger partial charge in [0.25, 0.3) is 10.0 Å². The monoisotopic (exact) mass is 322 g/mol. The SMILES string of the molecule is O=S(=O)(Nc1cccc(F)n1)c1cc(Cl)c(F)cc1F. The number of sulfonamides is 1. The number of hydrogen-bond acceptors (Lipinski definition) is 3. The van der Waals surface area contributed by atoms with E-state index >= 15 is 0 Å². The smallest absolute Gasteiger partial charge is 0.263 e. The van der Waals surface area contributed by atoms with E-state index in [0.717, 1.165) is 6.07 Å². The van der Waals surface area contributed by atoms with Crippen molar-refractivity contribution in [3.05, 3.63) is 52.9 Å². The standard InChI is InChI=1S/C11H6ClF3N2O2S/c12-6-4-9(8(14)5-7(6)13)20(18,19)17-11-3-1-2-10(15)16-11/h1-5H,(H,16,17). The molecule has 0 radical (unpaired) electrons. The van der Waals surface area contributed by atoms with Gasteiger partial charge in [0.15, 0.2) is 0 Å². The number of benzene rings is 1. The van der Waals surface area contributed by atoms with Crippen LogP contribution in [0.25, 0.3) is 0 Å². The van der Waals surface area contributed by atoms with E-state index in [1.54, 1.807) is 0 Å². The van der Waals surface area contributed by atoms with Gasteiger partial charge in [0.2, 0.25) is 5.95 Å². The Labute approximate surface area is 117 Å². The van der Waals surface area contributed by atoms with Gasteiger partial charge in [-0.05, 0) is 18.2 Å². The van der Waals surface area contributed by atoms with Gasteiger partial charge < -0.3 is 0 Å². The second-order valence-corrected chi connectivity index (χ2v) is 5.71. The van der Waals surface area contributed by atoms with E-state index in [4.69, 9.17) is 11.6 Å². The van der Waals surface area contributed by atoms with E-state index < -0.39 is 37.5 Å². The number of halogens is 4. The van der Waals surface area contributed by atoms with Gasteiger partial charge in [-0.15, -0.1) is 0 Å². The molecule has 20 heavy (non-hydrogen) atoms. The highest BCUT2D eigenvalue weighted by Gasteiger charge is 2.22. The molecule has 0 amide bonds. The summed E-state index contributed by atoms with van der Waals surface area (Å²) in [6, 6.07) is 4.36. The van der Waals surface area contributed by atoms with Gasteiger partial charge in [-0.3, -0.25) is 4.72 Å². The van der Waals surface area contributed by atoms with E-state index in [-0.39, 0.29) is 5.82 Å². The van der Waals surface area contributed by atoms with Gasteiger partial charge in [-0.1, -0.05) is 17.7 Å². The number of hydrogen-bond donors (Lipinski definition) is 1. The van der Waals surface area contributed by atoms with Crippen molar-refractivity contribution < 1.29 is 21.6 Å². The Hall–Kier alpha value is -1.80. The van der Waals surface area contributed by atoms with Crippen LogP contribution in [-0.2, 0) is 10.0 Å². The Morgan fingerprint density at radius 2 is 1.80 bits per heavy atom. The van der Waals surface area contributed by atoms with Crippen LogP contribution in [0.15, 0.2) is 35.2 Å². The van der Waals surface area contributed by atoms with Crippen molar-refractivity contribution in [1.82, 2.24) is 4.98 Å². The zero-order valence-corrected chi connectivity index (χ0v) is 11.1. The van der Waals surface area contributed by atoms with Crippen LogP contribution >= 0.6 is 11.6 Å². The van der Waals surface area contributed by atoms with Crippen LogP contribution < -0.4 is 4.72 Å². The molecule has 0 atom stereocenters. The van der Waals surface area contributed by atoms with Crippen molar-refractivity contribution >= 4 is 27.4 Å². The van der Waals surface area contributed by atoms with Crippen molar-refractivity contribution in [1.29, 1.82) is 0 Å². The van der Waals surface area contributed by atoms with Gasteiger partial charge in [0.1, 0.15) is 22.3 Å². The van der Waals surface area contributed by atoms with Crippen molar-refractivity contribution in [2.45, 2.75) is 4.90 Å². The first kappa shape index (κ1) is 14.6. The minimum Gasteiger partial charge on any atom is -0.263 e. The fraction of sp³-hybridized carbons (Fsp3) is 0. The summed E-state index contributed by atoms with van der Waals surface area (Å²) in [6.07, 6.45) is 0. The maximum atomic E-state index is 13.5. The van der Waals surface area contributed by atoms with Crippen LogP contribution in [0.2, 0.25) is 5.02 Å². The maximum absolute atomic E-state index is 13.5. The first-order chi connectivity index (χ1) is 9.29. The first-order valence-corrected chi connectivity index (χ1v) is 6.95. The molecule has 4 nitrogen and oxygen atoms in total. The average molecular weight is 323 g/mol. The summed E-state index contributed by atoms with van der Waals surface area (Å²) in [5.74, 6) is -3.67. The molecule has 0 spiro atoms. The molecule has 9 heteroatoms. The number of anilines is 1. The number of pyridine rings is 1. The molecule has 0 saturated carbocycles. The summed E-state index contributed by atoms with van der Waals surface area (Å²) in [4.78, 5) is 2.40. The third kappa shape index (κ3) is 3.02. The molecule has 0 unspecified atom stereocenters. The normalized spacial score (nSPS) is 11.4. The fourth-order valence-corrected chi connectivity index (χ4v) is 2.68.